The lowest BCUT2D eigenvalue weighted by Gasteiger charge is -2.26. The molecule has 162 valence electrons. The molecule has 0 aliphatic heterocycles. The topological polar surface area (TPSA) is 117 Å². The summed E-state index contributed by atoms with van der Waals surface area (Å²) in [6, 6.07) is 8.70. The highest BCUT2D eigenvalue weighted by Gasteiger charge is 2.19. The molecule has 5 rings (SSSR count). The lowest BCUT2D eigenvalue weighted by atomic mass is 9.92. The molecule has 1 aliphatic carbocycles. The van der Waals surface area contributed by atoms with Crippen LogP contribution in [0, 0.1) is 0 Å². The molecule has 31 heavy (non-hydrogen) atoms. The number of hydrogen-bond donors (Lipinski definition) is 4. The number of anilines is 2. The van der Waals surface area contributed by atoms with E-state index in [0.717, 1.165) is 54.8 Å². The normalized spacial score (nSPS) is 18.5. The van der Waals surface area contributed by atoms with Gasteiger partial charge >= 0.3 is 0 Å². The maximum Gasteiger partial charge on any atom is 0.224 e. The van der Waals surface area contributed by atoms with Crippen LogP contribution in [0.2, 0.25) is 0 Å². The third-order valence-corrected chi connectivity index (χ3v) is 6.21. The van der Waals surface area contributed by atoms with Crippen LogP contribution in [0.4, 0.5) is 11.8 Å². The maximum absolute atomic E-state index is 5.99. The fraction of sp³-hybridized carbons (Fsp3) is 0.333. The number of aromatic nitrogens is 5. The maximum atomic E-state index is 5.99. The van der Waals surface area contributed by atoms with E-state index in [1.165, 1.54) is 5.56 Å². The van der Waals surface area contributed by atoms with E-state index in [1.54, 1.807) is 11.3 Å². The van der Waals surface area contributed by atoms with Gasteiger partial charge in [0.2, 0.25) is 5.95 Å². The Morgan fingerprint density at radius 1 is 1.13 bits per heavy atom. The molecule has 0 saturated heterocycles. The average molecular weight is 457 g/mol. The largest absolute Gasteiger partial charge is 0.366 e. The molecule has 5 N–H and O–H groups in total. The van der Waals surface area contributed by atoms with Crippen LogP contribution < -0.4 is 16.4 Å². The second-order valence-corrected chi connectivity index (χ2v) is 8.46. The van der Waals surface area contributed by atoms with Crippen molar-refractivity contribution in [2.45, 2.75) is 44.3 Å². The van der Waals surface area contributed by atoms with E-state index in [-0.39, 0.29) is 12.4 Å². The van der Waals surface area contributed by atoms with Gasteiger partial charge < -0.3 is 16.4 Å². The molecular weight excluding hydrogens is 432 g/mol. The molecule has 0 bridgehead atoms. The first-order valence-corrected chi connectivity index (χ1v) is 11.1. The van der Waals surface area contributed by atoms with Crippen molar-refractivity contribution >= 4 is 46.5 Å². The molecule has 0 aromatic carbocycles. The Hall–Kier alpha value is -2.75. The van der Waals surface area contributed by atoms with E-state index < -0.39 is 0 Å². The molecule has 0 atom stereocenters. The number of rotatable bonds is 6. The predicted molar refractivity (Wildman–Crippen MR) is 128 cm³/mol. The van der Waals surface area contributed by atoms with Gasteiger partial charge in [-0.15, -0.1) is 12.4 Å². The molecular formula is C21H25ClN8S. The zero-order chi connectivity index (χ0) is 20.3. The minimum absolute atomic E-state index is 0. The molecule has 8 nitrogen and oxygen atoms in total. The summed E-state index contributed by atoms with van der Waals surface area (Å²) in [4.78, 5) is 13.8. The van der Waals surface area contributed by atoms with E-state index in [2.05, 4.69) is 47.6 Å². The number of fused-ring (bicyclic) bond motifs is 1. The van der Waals surface area contributed by atoms with Crippen LogP contribution in [-0.4, -0.2) is 37.2 Å². The van der Waals surface area contributed by atoms with Crippen LogP contribution in [0.25, 0.3) is 22.4 Å². The van der Waals surface area contributed by atoms with Crippen molar-refractivity contribution < 1.29 is 0 Å². The number of halogens is 1. The summed E-state index contributed by atoms with van der Waals surface area (Å²) < 4.78 is 0. The van der Waals surface area contributed by atoms with Gasteiger partial charge in [-0.3, -0.25) is 5.10 Å². The van der Waals surface area contributed by atoms with Crippen LogP contribution in [-0.2, 0) is 6.54 Å². The van der Waals surface area contributed by atoms with Crippen molar-refractivity contribution in [2.24, 2.45) is 5.73 Å². The zero-order valence-corrected chi connectivity index (χ0v) is 18.5. The molecule has 4 aromatic rings. The Bertz CT molecular complexity index is 1120. The van der Waals surface area contributed by atoms with Crippen molar-refractivity contribution in [3.05, 3.63) is 46.8 Å². The summed E-state index contributed by atoms with van der Waals surface area (Å²) in [5.74, 6) is 1.43. The van der Waals surface area contributed by atoms with Gasteiger partial charge in [-0.25, -0.2) is 9.97 Å². The van der Waals surface area contributed by atoms with E-state index >= 15 is 0 Å². The van der Waals surface area contributed by atoms with Crippen LogP contribution in [0.3, 0.4) is 0 Å². The Labute approximate surface area is 190 Å². The summed E-state index contributed by atoms with van der Waals surface area (Å²) in [7, 11) is 0. The fourth-order valence-corrected chi connectivity index (χ4v) is 4.44. The summed E-state index contributed by atoms with van der Waals surface area (Å²) in [6.45, 7) is 0.744. The second-order valence-electron chi connectivity index (χ2n) is 7.68. The highest BCUT2D eigenvalue weighted by molar-refractivity contribution is 7.07. The molecule has 1 aliphatic rings. The monoisotopic (exact) mass is 456 g/mol. The molecule has 0 spiro atoms. The SMILES string of the molecule is Cl.NC1CCC(Nc2ncc3c(-c4cccc(NCc5ccsc5)n4)[nH]nc3n2)CC1. The Morgan fingerprint density at radius 3 is 2.81 bits per heavy atom. The minimum Gasteiger partial charge on any atom is -0.366 e. The van der Waals surface area contributed by atoms with Gasteiger partial charge in [0.15, 0.2) is 5.65 Å². The predicted octanol–water partition coefficient (Wildman–Crippen LogP) is 4.19. The first-order valence-electron chi connectivity index (χ1n) is 10.2. The molecule has 0 unspecified atom stereocenters. The number of pyridine rings is 1. The fourth-order valence-electron chi connectivity index (χ4n) is 3.77. The smallest absolute Gasteiger partial charge is 0.224 e. The summed E-state index contributed by atoms with van der Waals surface area (Å²) >= 11 is 1.69. The number of nitrogens with one attached hydrogen (secondary N) is 3. The van der Waals surface area contributed by atoms with Crippen LogP contribution >= 0.6 is 23.7 Å². The molecule has 1 fully saturated rings. The van der Waals surface area contributed by atoms with Gasteiger partial charge in [0.05, 0.1) is 16.8 Å². The zero-order valence-electron chi connectivity index (χ0n) is 16.9. The molecule has 1 saturated carbocycles. The number of hydrogen-bond acceptors (Lipinski definition) is 8. The number of H-pyrrole nitrogens is 1. The number of nitrogens with two attached hydrogens (primary N) is 1. The van der Waals surface area contributed by atoms with Crippen LogP contribution in [0.1, 0.15) is 31.2 Å². The molecule has 0 amide bonds. The van der Waals surface area contributed by atoms with E-state index in [1.807, 2.05) is 24.4 Å². The first kappa shape index (κ1) is 21.5. The quantitative estimate of drug-likeness (QED) is 0.343. The minimum atomic E-state index is 0. The highest BCUT2D eigenvalue weighted by atomic mass is 35.5. The molecule has 4 aromatic heterocycles. The Balaban J connectivity index is 0.00000231. The third kappa shape index (κ3) is 4.95. The van der Waals surface area contributed by atoms with Crippen molar-refractivity contribution in [1.29, 1.82) is 0 Å². The van der Waals surface area contributed by atoms with E-state index in [9.17, 15) is 0 Å². The van der Waals surface area contributed by atoms with Gasteiger partial charge in [-0.1, -0.05) is 6.07 Å². The van der Waals surface area contributed by atoms with Crippen molar-refractivity contribution in [1.82, 2.24) is 25.1 Å². The summed E-state index contributed by atoms with van der Waals surface area (Å²) in [6.07, 6.45) is 5.97. The summed E-state index contributed by atoms with van der Waals surface area (Å²) in [5, 5.41) is 19.3. The van der Waals surface area contributed by atoms with Crippen molar-refractivity contribution in [3.63, 3.8) is 0 Å². The van der Waals surface area contributed by atoms with Crippen molar-refractivity contribution in [2.75, 3.05) is 10.6 Å². The van der Waals surface area contributed by atoms with Crippen molar-refractivity contribution in [3.8, 4) is 11.4 Å². The highest BCUT2D eigenvalue weighted by Crippen LogP contribution is 2.26. The van der Waals surface area contributed by atoms with Gasteiger partial charge in [0.1, 0.15) is 5.82 Å². The van der Waals surface area contributed by atoms with Gasteiger partial charge in [0, 0.05) is 24.8 Å². The van der Waals surface area contributed by atoms with Gasteiger partial charge in [-0.05, 0) is 60.2 Å². The number of thiophene rings is 1. The lowest BCUT2D eigenvalue weighted by molar-refractivity contribution is 0.410. The number of aromatic amines is 1. The van der Waals surface area contributed by atoms with Gasteiger partial charge in [-0.2, -0.15) is 21.4 Å². The Morgan fingerprint density at radius 2 is 2.00 bits per heavy atom. The lowest BCUT2D eigenvalue weighted by Crippen LogP contribution is -2.33. The van der Waals surface area contributed by atoms with Crippen LogP contribution in [0.15, 0.2) is 41.2 Å². The van der Waals surface area contributed by atoms with Crippen LogP contribution in [0.5, 0.6) is 0 Å². The summed E-state index contributed by atoms with van der Waals surface area (Å²) in [5.41, 5.74) is 9.49. The Kier molecular flexibility index (Phi) is 6.64. The second kappa shape index (κ2) is 9.59. The molecule has 4 heterocycles. The molecule has 10 heteroatoms. The standard InChI is InChI=1S/C21H24N8S.ClH/c22-14-4-6-15(7-5-14)25-21-24-11-16-19(28-29-20(16)27-21)17-2-1-3-18(26-17)23-10-13-8-9-30-12-13;/h1-3,8-9,11-12,14-15H,4-7,10,22H2,(H,23,26)(H2,24,25,27,28,29);1H. The van der Waals surface area contributed by atoms with Gasteiger partial charge in [0.25, 0.3) is 0 Å². The average Bonchev–Trinajstić information content (AvgIpc) is 3.44. The third-order valence-electron chi connectivity index (χ3n) is 5.48. The number of nitrogens with zero attached hydrogens (tertiary/aromatic N) is 4. The first-order chi connectivity index (χ1) is 14.7. The van der Waals surface area contributed by atoms with E-state index in [4.69, 9.17) is 10.7 Å². The molecule has 0 radical (unpaired) electrons. The van der Waals surface area contributed by atoms with E-state index in [0.29, 0.717) is 23.7 Å².